The number of hydrogen-bond donors (Lipinski definition) is 2. The van der Waals surface area contributed by atoms with Crippen molar-refractivity contribution in [2.75, 3.05) is 13.1 Å². The van der Waals surface area contributed by atoms with Crippen LogP contribution in [0, 0.1) is 11.8 Å². The molecule has 102 valence electrons. The van der Waals surface area contributed by atoms with E-state index in [0.717, 1.165) is 5.56 Å². The molecule has 6 nitrogen and oxygen atoms in total. The summed E-state index contributed by atoms with van der Waals surface area (Å²) in [7, 11) is 0. The molecule has 0 radical (unpaired) electrons. The molecule has 6 heteroatoms. The summed E-state index contributed by atoms with van der Waals surface area (Å²) >= 11 is 0. The van der Waals surface area contributed by atoms with E-state index >= 15 is 0 Å². The van der Waals surface area contributed by atoms with Crippen molar-refractivity contribution in [3.63, 3.8) is 0 Å². The Morgan fingerprint density at radius 3 is 2.80 bits per heavy atom. The first-order valence-electron chi connectivity index (χ1n) is 6.21. The quantitative estimate of drug-likeness (QED) is 0.766. The van der Waals surface area contributed by atoms with Crippen LogP contribution in [0.4, 0.5) is 0 Å². The van der Waals surface area contributed by atoms with Crippen LogP contribution in [0.5, 0.6) is 0 Å². The standard InChI is InChI=1S/C14H15N5O/c15-7-1-2-12-3-5-13(6-4-12)14(20)16-8-10-19-11-9-17-18-19/h3-6,9,11H,7-8,10,15H2,(H,16,20). The van der Waals surface area contributed by atoms with Gasteiger partial charge in [0.25, 0.3) is 5.91 Å². The zero-order valence-electron chi connectivity index (χ0n) is 10.9. The number of nitrogens with one attached hydrogen (secondary N) is 1. The number of carbonyl (C=O) groups is 1. The summed E-state index contributed by atoms with van der Waals surface area (Å²) in [5.41, 5.74) is 6.74. The fraction of sp³-hybridized carbons (Fsp3) is 0.214. The molecule has 0 unspecified atom stereocenters. The Morgan fingerprint density at radius 1 is 1.35 bits per heavy atom. The van der Waals surface area contributed by atoms with Gasteiger partial charge < -0.3 is 11.1 Å². The minimum atomic E-state index is -0.122. The molecular weight excluding hydrogens is 254 g/mol. The van der Waals surface area contributed by atoms with E-state index in [1.807, 2.05) is 0 Å². The molecule has 20 heavy (non-hydrogen) atoms. The van der Waals surface area contributed by atoms with Crippen molar-refractivity contribution >= 4 is 5.91 Å². The van der Waals surface area contributed by atoms with Crippen LogP contribution >= 0.6 is 0 Å². The number of benzene rings is 1. The normalized spacial score (nSPS) is 9.65. The lowest BCUT2D eigenvalue weighted by molar-refractivity contribution is 0.0952. The molecular formula is C14H15N5O. The molecule has 1 amide bonds. The van der Waals surface area contributed by atoms with Crippen molar-refractivity contribution in [2.24, 2.45) is 5.73 Å². The Labute approximate surface area is 117 Å². The van der Waals surface area contributed by atoms with E-state index in [4.69, 9.17) is 5.73 Å². The lowest BCUT2D eigenvalue weighted by atomic mass is 10.1. The molecule has 0 aliphatic carbocycles. The average Bonchev–Trinajstić information content (AvgIpc) is 2.99. The maximum Gasteiger partial charge on any atom is 0.251 e. The smallest absolute Gasteiger partial charge is 0.251 e. The molecule has 3 N–H and O–H groups in total. The van der Waals surface area contributed by atoms with Crippen LogP contribution in [0.1, 0.15) is 15.9 Å². The SMILES string of the molecule is NCC#Cc1ccc(C(=O)NCCn2ccnn2)cc1. The molecule has 0 saturated carbocycles. The van der Waals surface area contributed by atoms with Gasteiger partial charge in [0.2, 0.25) is 0 Å². The minimum Gasteiger partial charge on any atom is -0.350 e. The fourth-order valence-corrected chi connectivity index (χ4v) is 1.60. The van der Waals surface area contributed by atoms with Gasteiger partial charge in [-0.15, -0.1) is 5.10 Å². The molecule has 1 aromatic carbocycles. The van der Waals surface area contributed by atoms with Crippen LogP contribution in [0.15, 0.2) is 36.7 Å². The molecule has 2 aromatic rings. The number of carbonyl (C=O) groups excluding carboxylic acids is 1. The maximum atomic E-state index is 11.9. The molecule has 0 bridgehead atoms. The predicted octanol–water partition coefficient (Wildman–Crippen LogP) is 0.0183. The zero-order chi connectivity index (χ0) is 14.2. The minimum absolute atomic E-state index is 0.122. The Balaban J connectivity index is 1.85. The number of aromatic nitrogens is 3. The highest BCUT2D eigenvalue weighted by atomic mass is 16.1. The first-order chi connectivity index (χ1) is 9.79. The van der Waals surface area contributed by atoms with E-state index in [1.165, 1.54) is 0 Å². The summed E-state index contributed by atoms with van der Waals surface area (Å²) in [6.07, 6.45) is 3.35. The number of nitrogens with two attached hydrogens (primary N) is 1. The Kier molecular flexibility index (Phi) is 4.87. The highest BCUT2D eigenvalue weighted by Crippen LogP contribution is 2.03. The summed E-state index contributed by atoms with van der Waals surface area (Å²) in [5, 5.41) is 10.3. The number of amides is 1. The van der Waals surface area contributed by atoms with Crippen LogP contribution in [-0.4, -0.2) is 34.0 Å². The molecule has 2 rings (SSSR count). The first kappa shape index (κ1) is 13.8. The van der Waals surface area contributed by atoms with Gasteiger partial charge in [0.1, 0.15) is 0 Å². The zero-order valence-corrected chi connectivity index (χ0v) is 10.9. The van der Waals surface area contributed by atoms with Gasteiger partial charge in [0, 0.05) is 23.9 Å². The lowest BCUT2D eigenvalue weighted by Crippen LogP contribution is -2.27. The first-order valence-corrected chi connectivity index (χ1v) is 6.21. The van der Waals surface area contributed by atoms with Gasteiger partial charge in [-0.25, -0.2) is 0 Å². The topological polar surface area (TPSA) is 85.8 Å². The fourth-order valence-electron chi connectivity index (χ4n) is 1.60. The van der Waals surface area contributed by atoms with E-state index in [1.54, 1.807) is 41.3 Å². The Morgan fingerprint density at radius 2 is 2.15 bits per heavy atom. The molecule has 0 spiro atoms. The molecule has 0 saturated heterocycles. The second-order valence-electron chi connectivity index (χ2n) is 4.01. The van der Waals surface area contributed by atoms with Gasteiger partial charge in [-0.3, -0.25) is 9.48 Å². The Bertz CT molecular complexity index is 607. The van der Waals surface area contributed by atoms with E-state index < -0.39 is 0 Å². The van der Waals surface area contributed by atoms with Crippen molar-refractivity contribution in [1.82, 2.24) is 20.3 Å². The van der Waals surface area contributed by atoms with Crippen LogP contribution in [0.3, 0.4) is 0 Å². The number of hydrogen-bond acceptors (Lipinski definition) is 4. The van der Waals surface area contributed by atoms with Crippen LogP contribution < -0.4 is 11.1 Å². The van der Waals surface area contributed by atoms with Crippen LogP contribution in [0.2, 0.25) is 0 Å². The van der Waals surface area contributed by atoms with E-state index in [9.17, 15) is 4.79 Å². The van der Waals surface area contributed by atoms with Crippen molar-refractivity contribution in [2.45, 2.75) is 6.54 Å². The van der Waals surface area contributed by atoms with E-state index in [-0.39, 0.29) is 5.91 Å². The van der Waals surface area contributed by atoms with Gasteiger partial charge in [-0.2, -0.15) is 0 Å². The molecule has 1 heterocycles. The van der Waals surface area contributed by atoms with Crippen molar-refractivity contribution in [3.05, 3.63) is 47.8 Å². The predicted molar refractivity (Wildman–Crippen MR) is 74.7 cm³/mol. The second kappa shape index (κ2) is 7.07. The lowest BCUT2D eigenvalue weighted by Gasteiger charge is -2.05. The third kappa shape index (κ3) is 3.93. The summed E-state index contributed by atoms with van der Waals surface area (Å²) in [5.74, 6) is 5.55. The van der Waals surface area contributed by atoms with Gasteiger partial charge in [0.15, 0.2) is 0 Å². The molecule has 0 aliphatic heterocycles. The van der Waals surface area contributed by atoms with Gasteiger partial charge in [0.05, 0.1) is 19.3 Å². The molecule has 1 aromatic heterocycles. The van der Waals surface area contributed by atoms with Crippen LogP contribution in [0.25, 0.3) is 0 Å². The van der Waals surface area contributed by atoms with Crippen molar-refractivity contribution < 1.29 is 4.79 Å². The number of nitrogens with zero attached hydrogens (tertiary/aromatic N) is 3. The van der Waals surface area contributed by atoms with Crippen molar-refractivity contribution in [3.8, 4) is 11.8 Å². The molecule has 0 fully saturated rings. The maximum absolute atomic E-state index is 11.9. The van der Waals surface area contributed by atoms with Gasteiger partial charge >= 0.3 is 0 Å². The number of rotatable bonds is 4. The van der Waals surface area contributed by atoms with Gasteiger partial charge in [-0.05, 0) is 24.3 Å². The van der Waals surface area contributed by atoms with Gasteiger partial charge in [-0.1, -0.05) is 17.1 Å². The van der Waals surface area contributed by atoms with E-state index in [2.05, 4.69) is 27.5 Å². The summed E-state index contributed by atoms with van der Waals surface area (Å²) in [4.78, 5) is 11.9. The van der Waals surface area contributed by atoms with Crippen LogP contribution in [-0.2, 0) is 6.54 Å². The third-order valence-corrected chi connectivity index (χ3v) is 2.58. The average molecular weight is 269 g/mol. The second-order valence-corrected chi connectivity index (χ2v) is 4.01. The van der Waals surface area contributed by atoms with Crippen molar-refractivity contribution in [1.29, 1.82) is 0 Å². The Hall–Kier alpha value is -2.65. The monoisotopic (exact) mass is 269 g/mol. The summed E-state index contributed by atoms with van der Waals surface area (Å²) in [6.45, 7) is 1.41. The third-order valence-electron chi connectivity index (χ3n) is 2.58. The molecule has 0 aliphatic rings. The summed E-state index contributed by atoms with van der Waals surface area (Å²) < 4.78 is 1.66. The largest absolute Gasteiger partial charge is 0.350 e. The highest BCUT2D eigenvalue weighted by molar-refractivity contribution is 5.94. The summed E-state index contributed by atoms with van der Waals surface area (Å²) in [6, 6.07) is 7.08. The molecule has 0 atom stereocenters. The highest BCUT2D eigenvalue weighted by Gasteiger charge is 2.04. The van der Waals surface area contributed by atoms with E-state index in [0.29, 0.717) is 25.2 Å².